The van der Waals surface area contributed by atoms with Crippen LogP contribution in [0, 0.1) is 29.4 Å². The van der Waals surface area contributed by atoms with Crippen molar-refractivity contribution in [3.63, 3.8) is 0 Å². The summed E-state index contributed by atoms with van der Waals surface area (Å²) in [5.41, 5.74) is -2.52. The number of hydrogen-bond acceptors (Lipinski definition) is 2. The number of halogens is 4. The fourth-order valence-corrected chi connectivity index (χ4v) is 2.26. The summed E-state index contributed by atoms with van der Waals surface area (Å²) in [5, 5.41) is 11.1. The van der Waals surface area contributed by atoms with Crippen LogP contribution in [0.5, 0.6) is 0 Å². The fraction of sp³-hybridized carbons (Fsp3) is 0.133. The second-order valence-electron chi connectivity index (χ2n) is 4.72. The first kappa shape index (κ1) is 16.4. The minimum atomic E-state index is -4.78. The molecule has 2 aromatic carbocycles. The molecule has 0 atom stereocenters. The molecule has 23 heavy (non-hydrogen) atoms. The largest absolute Gasteiger partial charge is 0.407 e. The molecule has 8 heteroatoms. The first-order valence-electron chi connectivity index (χ1n) is 6.18. The predicted octanol–water partition coefficient (Wildman–Crippen LogP) is 5.28. The Morgan fingerprint density at radius 2 is 1.87 bits per heavy atom. The number of aryl methyl sites for hydroxylation is 1. The van der Waals surface area contributed by atoms with Gasteiger partial charge in [0.1, 0.15) is 5.82 Å². The number of alkyl halides is 3. The molecule has 0 aliphatic carbocycles. The van der Waals surface area contributed by atoms with Crippen molar-refractivity contribution in [1.29, 1.82) is 0 Å². The van der Waals surface area contributed by atoms with Gasteiger partial charge in [-0.2, -0.15) is 13.2 Å². The third-order valence-corrected chi connectivity index (χ3v) is 3.19. The monoisotopic (exact) mass is 324 g/mol. The maximum atomic E-state index is 13.3. The van der Waals surface area contributed by atoms with Crippen LogP contribution in [0.1, 0.15) is 11.1 Å². The highest BCUT2D eigenvalue weighted by Gasteiger charge is 2.34. The number of hydrogen-bond donors (Lipinski definition) is 0. The lowest BCUT2D eigenvalue weighted by atomic mass is 9.96. The molecule has 0 radical (unpaired) electrons. The highest BCUT2D eigenvalue weighted by atomic mass is 19.4. The van der Waals surface area contributed by atoms with Gasteiger partial charge in [0.15, 0.2) is 5.69 Å². The molecule has 0 heterocycles. The van der Waals surface area contributed by atoms with E-state index in [0.717, 1.165) is 12.1 Å². The number of benzene rings is 2. The SMILES string of the molecule is [C-]#[N+]c1ccc(-c2c(C)cc(F)cc2[N+](=O)[O-])cc1C(F)(F)F. The molecule has 0 aromatic heterocycles. The molecule has 0 saturated heterocycles. The Hall–Kier alpha value is -2.95. The Balaban J connectivity index is 2.79. The van der Waals surface area contributed by atoms with Gasteiger partial charge < -0.3 is 0 Å². The molecule has 4 nitrogen and oxygen atoms in total. The first-order valence-corrected chi connectivity index (χ1v) is 6.18. The standard InChI is InChI=1S/C15H8F4N2O2/c1-8-5-10(16)7-13(21(22)23)14(8)9-3-4-12(20-2)11(6-9)15(17,18)19/h3-7H,1H3. The maximum Gasteiger partial charge on any atom is 0.407 e. The first-order chi connectivity index (χ1) is 10.6. The van der Waals surface area contributed by atoms with Gasteiger partial charge in [-0.3, -0.25) is 10.1 Å². The van der Waals surface area contributed by atoms with Gasteiger partial charge in [-0.25, -0.2) is 9.24 Å². The lowest BCUT2D eigenvalue weighted by molar-refractivity contribution is -0.384. The second-order valence-corrected chi connectivity index (χ2v) is 4.72. The van der Waals surface area contributed by atoms with E-state index in [2.05, 4.69) is 4.85 Å². The zero-order valence-electron chi connectivity index (χ0n) is 11.6. The third kappa shape index (κ3) is 3.13. The van der Waals surface area contributed by atoms with Gasteiger partial charge in [-0.05, 0) is 24.1 Å². The smallest absolute Gasteiger partial charge is 0.258 e. The summed E-state index contributed by atoms with van der Waals surface area (Å²) in [6.45, 7) is 8.15. The van der Waals surface area contributed by atoms with E-state index in [0.29, 0.717) is 12.1 Å². The third-order valence-electron chi connectivity index (χ3n) is 3.19. The minimum absolute atomic E-state index is 0.103. The van der Waals surface area contributed by atoms with Gasteiger partial charge in [0.25, 0.3) is 5.69 Å². The van der Waals surface area contributed by atoms with E-state index in [4.69, 9.17) is 6.57 Å². The number of nitro groups is 1. The van der Waals surface area contributed by atoms with Crippen LogP contribution in [-0.4, -0.2) is 4.92 Å². The molecule has 0 saturated carbocycles. The minimum Gasteiger partial charge on any atom is -0.258 e. The van der Waals surface area contributed by atoms with Crippen LogP contribution < -0.4 is 0 Å². The second kappa shape index (κ2) is 5.68. The zero-order chi connectivity index (χ0) is 17.4. The highest BCUT2D eigenvalue weighted by Crippen LogP contribution is 2.41. The van der Waals surface area contributed by atoms with E-state index >= 15 is 0 Å². The number of nitrogens with zero attached hydrogens (tertiary/aromatic N) is 2. The van der Waals surface area contributed by atoms with E-state index in [1.165, 1.54) is 13.0 Å². The topological polar surface area (TPSA) is 47.5 Å². The van der Waals surface area contributed by atoms with E-state index in [-0.39, 0.29) is 16.7 Å². The molecule has 0 N–H and O–H groups in total. The molecule has 0 amide bonds. The van der Waals surface area contributed by atoms with Gasteiger partial charge in [-0.15, -0.1) is 0 Å². The number of nitro benzene ring substituents is 1. The van der Waals surface area contributed by atoms with Crippen LogP contribution >= 0.6 is 0 Å². The van der Waals surface area contributed by atoms with Crippen LogP contribution in [-0.2, 0) is 6.18 Å². The van der Waals surface area contributed by atoms with Gasteiger partial charge in [0, 0.05) is 0 Å². The molecular weight excluding hydrogens is 316 g/mol. The summed E-state index contributed by atoms with van der Waals surface area (Å²) in [4.78, 5) is 13.0. The highest BCUT2D eigenvalue weighted by molar-refractivity contribution is 5.79. The lowest BCUT2D eigenvalue weighted by Gasteiger charge is -2.13. The normalized spacial score (nSPS) is 11.1. The molecule has 0 spiro atoms. The van der Waals surface area contributed by atoms with Crippen LogP contribution in [0.2, 0.25) is 0 Å². The fourth-order valence-electron chi connectivity index (χ4n) is 2.26. The van der Waals surface area contributed by atoms with Crippen molar-refractivity contribution < 1.29 is 22.5 Å². The van der Waals surface area contributed by atoms with Gasteiger partial charge in [0.2, 0.25) is 0 Å². The Morgan fingerprint density at radius 3 is 2.39 bits per heavy atom. The molecule has 118 valence electrons. The van der Waals surface area contributed by atoms with Crippen LogP contribution in [0.4, 0.5) is 28.9 Å². The molecule has 2 aromatic rings. The Morgan fingerprint density at radius 1 is 1.22 bits per heavy atom. The Bertz CT molecular complexity index is 839. The van der Waals surface area contributed by atoms with Crippen LogP contribution in [0.3, 0.4) is 0 Å². The van der Waals surface area contributed by atoms with Gasteiger partial charge in [-0.1, -0.05) is 18.2 Å². The lowest BCUT2D eigenvalue weighted by Crippen LogP contribution is -2.05. The summed E-state index contributed by atoms with van der Waals surface area (Å²) < 4.78 is 52.4. The van der Waals surface area contributed by atoms with Crippen LogP contribution in [0.25, 0.3) is 16.0 Å². The zero-order valence-corrected chi connectivity index (χ0v) is 11.6. The molecule has 0 aliphatic heterocycles. The summed E-state index contributed by atoms with van der Waals surface area (Å²) >= 11 is 0. The summed E-state index contributed by atoms with van der Waals surface area (Å²) in [7, 11) is 0. The molecule has 0 fully saturated rings. The van der Waals surface area contributed by atoms with Gasteiger partial charge in [0.05, 0.1) is 28.7 Å². The van der Waals surface area contributed by atoms with Crippen molar-refractivity contribution in [2.45, 2.75) is 13.1 Å². The van der Waals surface area contributed by atoms with Crippen molar-refractivity contribution in [2.24, 2.45) is 0 Å². The van der Waals surface area contributed by atoms with Gasteiger partial charge >= 0.3 is 6.18 Å². The number of rotatable bonds is 2. The summed E-state index contributed by atoms with van der Waals surface area (Å²) in [6, 6.07) is 4.44. The van der Waals surface area contributed by atoms with Crippen molar-refractivity contribution in [3.05, 3.63) is 68.8 Å². The molecule has 0 aliphatic rings. The Labute approximate surface area is 128 Å². The van der Waals surface area contributed by atoms with E-state index in [9.17, 15) is 27.7 Å². The van der Waals surface area contributed by atoms with Crippen molar-refractivity contribution >= 4 is 11.4 Å². The average molecular weight is 324 g/mol. The summed E-state index contributed by atoms with van der Waals surface area (Å²) in [5.74, 6) is -0.855. The average Bonchev–Trinajstić information content (AvgIpc) is 2.44. The Kier molecular flexibility index (Phi) is 4.06. The quantitative estimate of drug-likeness (QED) is 0.326. The van der Waals surface area contributed by atoms with Crippen LogP contribution in [0.15, 0.2) is 30.3 Å². The summed E-state index contributed by atoms with van der Waals surface area (Å²) in [6.07, 6.45) is -4.78. The predicted molar refractivity (Wildman–Crippen MR) is 74.5 cm³/mol. The van der Waals surface area contributed by atoms with E-state index in [1.54, 1.807) is 0 Å². The molecule has 0 unspecified atom stereocenters. The maximum absolute atomic E-state index is 13.3. The molecule has 2 rings (SSSR count). The molecular formula is C15H8F4N2O2. The molecule has 0 bridgehead atoms. The van der Waals surface area contributed by atoms with Crippen molar-refractivity contribution in [2.75, 3.05) is 0 Å². The van der Waals surface area contributed by atoms with E-state index < -0.39 is 33.9 Å². The van der Waals surface area contributed by atoms with Crippen molar-refractivity contribution in [1.82, 2.24) is 0 Å². The van der Waals surface area contributed by atoms with E-state index in [1.807, 2.05) is 0 Å². The van der Waals surface area contributed by atoms with Crippen molar-refractivity contribution in [3.8, 4) is 11.1 Å².